The maximum atomic E-state index is 13.0. The van der Waals surface area contributed by atoms with Crippen molar-refractivity contribution in [2.45, 2.75) is 19.1 Å². The van der Waals surface area contributed by atoms with Gasteiger partial charge in [0.1, 0.15) is 11.6 Å². The SMILES string of the molecule is CC(c1ccc(F)cc1O)N1CCOC(CN)C1. The number of nitrogens with zero attached hydrogens (tertiary/aromatic N) is 1. The number of rotatable bonds is 3. The first-order chi connectivity index (χ1) is 8.61. The van der Waals surface area contributed by atoms with Crippen molar-refractivity contribution in [3.05, 3.63) is 29.6 Å². The second-order valence-electron chi connectivity index (χ2n) is 4.60. The first kappa shape index (κ1) is 13.3. The molecule has 2 unspecified atom stereocenters. The lowest BCUT2D eigenvalue weighted by molar-refractivity contribution is -0.0367. The highest BCUT2D eigenvalue weighted by molar-refractivity contribution is 5.35. The topological polar surface area (TPSA) is 58.7 Å². The molecule has 0 aromatic heterocycles. The van der Waals surface area contributed by atoms with Gasteiger partial charge in [-0.3, -0.25) is 4.90 Å². The number of phenolic OH excluding ortho intramolecular Hbond substituents is 1. The molecule has 18 heavy (non-hydrogen) atoms. The molecule has 2 atom stereocenters. The Morgan fingerprint density at radius 3 is 3.06 bits per heavy atom. The Kier molecular flexibility index (Phi) is 4.16. The Morgan fingerprint density at radius 1 is 1.61 bits per heavy atom. The van der Waals surface area contributed by atoms with Crippen LogP contribution in [0.25, 0.3) is 0 Å². The van der Waals surface area contributed by atoms with Gasteiger partial charge in [0.25, 0.3) is 0 Å². The van der Waals surface area contributed by atoms with Gasteiger partial charge in [0, 0.05) is 37.3 Å². The molecule has 1 aliphatic heterocycles. The van der Waals surface area contributed by atoms with Gasteiger partial charge in [-0.1, -0.05) is 6.07 Å². The predicted molar refractivity (Wildman–Crippen MR) is 66.8 cm³/mol. The third kappa shape index (κ3) is 2.80. The first-order valence-corrected chi connectivity index (χ1v) is 6.16. The standard InChI is InChI=1S/C13H19FN2O2/c1-9(12-3-2-10(14)6-13(12)17)16-4-5-18-11(7-15)8-16/h2-3,6,9,11,17H,4-5,7-8,15H2,1H3. The van der Waals surface area contributed by atoms with E-state index in [9.17, 15) is 9.50 Å². The summed E-state index contributed by atoms with van der Waals surface area (Å²) in [7, 11) is 0. The summed E-state index contributed by atoms with van der Waals surface area (Å²) in [6.45, 7) is 4.63. The molecule has 1 aliphatic rings. The van der Waals surface area contributed by atoms with Crippen molar-refractivity contribution < 1.29 is 14.2 Å². The molecule has 0 radical (unpaired) electrons. The second-order valence-corrected chi connectivity index (χ2v) is 4.60. The number of halogens is 1. The Labute approximate surface area is 106 Å². The second kappa shape index (κ2) is 5.65. The van der Waals surface area contributed by atoms with Gasteiger partial charge in [-0.05, 0) is 13.0 Å². The fourth-order valence-electron chi connectivity index (χ4n) is 2.30. The normalized spacial score (nSPS) is 22.9. The molecular formula is C13H19FN2O2. The van der Waals surface area contributed by atoms with E-state index in [-0.39, 0.29) is 17.9 Å². The summed E-state index contributed by atoms with van der Waals surface area (Å²) in [5.41, 5.74) is 6.33. The lowest BCUT2D eigenvalue weighted by atomic mass is 10.0. The number of hydrogen-bond acceptors (Lipinski definition) is 4. The van der Waals surface area contributed by atoms with E-state index < -0.39 is 5.82 Å². The van der Waals surface area contributed by atoms with E-state index in [4.69, 9.17) is 10.5 Å². The molecule has 1 heterocycles. The summed E-state index contributed by atoms with van der Waals surface area (Å²) < 4.78 is 18.5. The fraction of sp³-hybridized carbons (Fsp3) is 0.538. The van der Waals surface area contributed by atoms with Gasteiger partial charge in [0.2, 0.25) is 0 Å². The van der Waals surface area contributed by atoms with Crippen molar-refractivity contribution in [1.82, 2.24) is 4.90 Å². The minimum absolute atomic E-state index is 0.00158. The minimum atomic E-state index is -0.426. The summed E-state index contributed by atoms with van der Waals surface area (Å²) in [4.78, 5) is 2.19. The number of hydrogen-bond donors (Lipinski definition) is 2. The van der Waals surface area contributed by atoms with Crippen LogP contribution >= 0.6 is 0 Å². The highest BCUT2D eigenvalue weighted by atomic mass is 19.1. The third-order valence-corrected chi connectivity index (χ3v) is 3.42. The highest BCUT2D eigenvalue weighted by Crippen LogP contribution is 2.29. The van der Waals surface area contributed by atoms with Crippen molar-refractivity contribution >= 4 is 0 Å². The molecule has 1 saturated heterocycles. The first-order valence-electron chi connectivity index (χ1n) is 6.16. The molecular weight excluding hydrogens is 235 g/mol. The number of morpholine rings is 1. The van der Waals surface area contributed by atoms with E-state index in [2.05, 4.69) is 4.90 Å². The number of ether oxygens (including phenoxy) is 1. The van der Waals surface area contributed by atoms with Crippen LogP contribution in [0.2, 0.25) is 0 Å². The summed E-state index contributed by atoms with van der Waals surface area (Å²) >= 11 is 0. The summed E-state index contributed by atoms with van der Waals surface area (Å²) in [5.74, 6) is -0.427. The van der Waals surface area contributed by atoms with Crippen molar-refractivity contribution in [3.63, 3.8) is 0 Å². The van der Waals surface area contributed by atoms with E-state index in [1.165, 1.54) is 6.07 Å². The van der Waals surface area contributed by atoms with E-state index in [1.54, 1.807) is 6.07 Å². The van der Waals surface area contributed by atoms with Gasteiger partial charge in [-0.15, -0.1) is 0 Å². The highest BCUT2D eigenvalue weighted by Gasteiger charge is 2.25. The van der Waals surface area contributed by atoms with E-state index in [0.29, 0.717) is 13.2 Å². The van der Waals surface area contributed by atoms with Crippen molar-refractivity contribution in [3.8, 4) is 5.75 Å². The molecule has 1 aromatic carbocycles. The van der Waals surface area contributed by atoms with Gasteiger partial charge < -0.3 is 15.6 Å². The Bertz CT molecular complexity index is 414. The molecule has 100 valence electrons. The van der Waals surface area contributed by atoms with Gasteiger partial charge >= 0.3 is 0 Å². The average Bonchev–Trinajstić information content (AvgIpc) is 2.38. The zero-order chi connectivity index (χ0) is 13.1. The zero-order valence-corrected chi connectivity index (χ0v) is 10.5. The van der Waals surface area contributed by atoms with Gasteiger partial charge in [0.05, 0.1) is 12.7 Å². The van der Waals surface area contributed by atoms with Crippen LogP contribution < -0.4 is 5.73 Å². The molecule has 0 aliphatic carbocycles. The van der Waals surface area contributed by atoms with Crippen LogP contribution in [-0.2, 0) is 4.74 Å². The molecule has 0 saturated carbocycles. The molecule has 3 N–H and O–H groups in total. The molecule has 0 bridgehead atoms. The van der Waals surface area contributed by atoms with Crippen LogP contribution in [-0.4, -0.2) is 42.4 Å². The van der Waals surface area contributed by atoms with Crippen LogP contribution in [0.15, 0.2) is 18.2 Å². The average molecular weight is 254 g/mol. The number of phenols is 1. The van der Waals surface area contributed by atoms with Crippen LogP contribution in [0.3, 0.4) is 0 Å². The van der Waals surface area contributed by atoms with Gasteiger partial charge in [-0.2, -0.15) is 0 Å². The Balaban J connectivity index is 2.12. The van der Waals surface area contributed by atoms with E-state index in [0.717, 1.165) is 24.7 Å². The number of aromatic hydroxyl groups is 1. The fourth-order valence-corrected chi connectivity index (χ4v) is 2.30. The van der Waals surface area contributed by atoms with Crippen LogP contribution in [0.1, 0.15) is 18.5 Å². The summed E-state index contributed by atoms with van der Waals surface area (Å²) in [6, 6.07) is 4.16. The van der Waals surface area contributed by atoms with E-state index >= 15 is 0 Å². The minimum Gasteiger partial charge on any atom is -0.508 e. The maximum absolute atomic E-state index is 13.0. The van der Waals surface area contributed by atoms with Crippen molar-refractivity contribution in [2.75, 3.05) is 26.2 Å². The van der Waals surface area contributed by atoms with Gasteiger partial charge in [-0.25, -0.2) is 4.39 Å². The summed E-state index contributed by atoms with van der Waals surface area (Å²) in [6.07, 6.45) is 0.0313. The number of nitrogens with two attached hydrogens (primary N) is 1. The third-order valence-electron chi connectivity index (χ3n) is 3.42. The van der Waals surface area contributed by atoms with Crippen molar-refractivity contribution in [1.29, 1.82) is 0 Å². The van der Waals surface area contributed by atoms with E-state index in [1.807, 2.05) is 6.92 Å². The largest absolute Gasteiger partial charge is 0.508 e. The lowest BCUT2D eigenvalue weighted by Gasteiger charge is -2.36. The lowest BCUT2D eigenvalue weighted by Crippen LogP contribution is -2.46. The van der Waals surface area contributed by atoms with Crippen LogP contribution in [0, 0.1) is 5.82 Å². The van der Waals surface area contributed by atoms with Crippen LogP contribution in [0.5, 0.6) is 5.75 Å². The van der Waals surface area contributed by atoms with Crippen LogP contribution in [0.4, 0.5) is 4.39 Å². The zero-order valence-electron chi connectivity index (χ0n) is 10.5. The van der Waals surface area contributed by atoms with Gasteiger partial charge in [0.15, 0.2) is 0 Å². The molecule has 0 amide bonds. The smallest absolute Gasteiger partial charge is 0.126 e. The Morgan fingerprint density at radius 2 is 2.39 bits per heavy atom. The maximum Gasteiger partial charge on any atom is 0.126 e. The molecule has 2 rings (SSSR count). The Hall–Kier alpha value is -1.17. The monoisotopic (exact) mass is 254 g/mol. The molecule has 5 heteroatoms. The molecule has 4 nitrogen and oxygen atoms in total. The summed E-state index contributed by atoms with van der Waals surface area (Å²) in [5, 5.41) is 9.79. The number of benzene rings is 1. The molecule has 0 spiro atoms. The molecule has 1 aromatic rings. The quantitative estimate of drug-likeness (QED) is 0.852. The predicted octanol–water partition coefficient (Wildman–Crippen LogP) is 1.25. The van der Waals surface area contributed by atoms with Crippen molar-refractivity contribution in [2.24, 2.45) is 5.73 Å². The molecule has 1 fully saturated rings.